The molecule has 7 heteroatoms. The van der Waals surface area contributed by atoms with E-state index >= 15 is 0 Å². The molecular weight excluding hydrogens is 309 g/mol. The van der Waals surface area contributed by atoms with Gasteiger partial charge in [-0.3, -0.25) is 0 Å². The largest absolute Gasteiger partial charge is 0.493 e. The summed E-state index contributed by atoms with van der Waals surface area (Å²) in [5.41, 5.74) is 0. The Morgan fingerprint density at radius 2 is 1.86 bits per heavy atom. The van der Waals surface area contributed by atoms with Crippen LogP contribution >= 0.6 is 0 Å². The monoisotopic (exact) mass is 331 g/mol. The number of nitrogens with zero attached hydrogens (tertiary/aromatic N) is 1. The molecule has 1 saturated heterocycles. The van der Waals surface area contributed by atoms with E-state index in [9.17, 15) is 12.8 Å². The van der Waals surface area contributed by atoms with Gasteiger partial charge in [-0.05, 0) is 19.3 Å². The highest BCUT2D eigenvalue weighted by atomic mass is 32.2. The maximum absolute atomic E-state index is 14.3. The van der Waals surface area contributed by atoms with E-state index in [1.165, 1.54) is 24.6 Å². The van der Waals surface area contributed by atoms with Crippen LogP contribution in [0.25, 0.3) is 0 Å². The van der Waals surface area contributed by atoms with E-state index in [4.69, 9.17) is 9.47 Å². The quantitative estimate of drug-likeness (QED) is 0.832. The van der Waals surface area contributed by atoms with E-state index in [2.05, 4.69) is 0 Å². The standard InChI is InChI=1S/C15H22FNO4S/c1-4-11-7-5-6-8-17(11)22(18,19)15-10-14(21-3)13(20-2)9-12(15)16/h9-11H,4-8H2,1-3H3/t11-/m0/s1. The fourth-order valence-electron chi connectivity index (χ4n) is 2.86. The fraction of sp³-hybridized carbons (Fsp3) is 0.600. The van der Waals surface area contributed by atoms with Gasteiger partial charge in [0.25, 0.3) is 0 Å². The minimum atomic E-state index is -3.89. The molecule has 1 aromatic carbocycles. The summed E-state index contributed by atoms with van der Waals surface area (Å²) in [6.07, 6.45) is 3.32. The number of hydrogen-bond acceptors (Lipinski definition) is 4. The van der Waals surface area contributed by atoms with Crippen molar-refractivity contribution in [3.05, 3.63) is 17.9 Å². The van der Waals surface area contributed by atoms with E-state index < -0.39 is 15.8 Å². The number of ether oxygens (including phenoxy) is 2. The summed E-state index contributed by atoms with van der Waals surface area (Å²) in [5, 5.41) is 0. The second-order valence-corrected chi connectivity index (χ2v) is 7.17. The number of methoxy groups -OCH3 is 2. The molecule has 1 aromatic rings. The molecule has 0 N–H and O–H groups in total. The SMILES string of the molecule is CC[C@H]1CCCCN1S(=O)(=O)c1cc(OC)c(OC)cc1F. The molecule has 1 fully saturated rings. The molecule has 0 aromatic heterocycles. The van der Waals surface area contributed by atoms with Crippen molar-refractivity contribution in [1.29, 1.82) is 0 Å². The Hall–Kier alpha value is -1.34. The Morgan fingerprint density at radius 1 is 1.23 bits per heavy atom. The predicted molar refractivity (Wildman–Crippen MR) is 81.3 cm³/mol. The molecule has 0 saturated carbocycles. The minimum Gasteiger partial charge on any atom is -0.493 e. The lowest BCUT2D eigenvalue weighted by molar-refractivity contribution is 0.245. The third kappa shape index (κ3) is 3.05. The second-order valence-electron chi connectivity index (χ2n) is 5.31. The first-order valence-electron chi connectivity index (χ1n) is 7.39. The van der Waals surface area contributed by atoms with Gasteiger partial charge in [0.05, 0.1) is 14.2 Å². The van der Waals surface area contributed by atoms with Crippen molar-refractivity contribution in [2.45, 2.75) is 43.5 Å². The summed E-state index contributed by atoms with van der Waals surface area (Å²) in [7, 11) is -1.12. The number of piperidine rings is 1. The molecule has 0 aliphatic carbocycles. The summed E-state index contributed by atoms with van der Waals surface area (Å²) in [4.78, 5) is -0.356. The lowest BCUT2D eigenvalue weighted by atomic mass is 10.0. The first-order chi connectivity index (χ1) is 10.5. The van der Waals surface area contributed by atoms with Crippen LogP contribution in [-0.2, 0) is 10.0 Å². The van der Waals surface area contributed by atoms with Crippen LogP contribution in [0.4, 0.5) is 4.39 Å². The lowest BCUT2D eigenvalue weighted by Crippen LogP contribution is -2.43. The molecular formula is C15H22FNO4S. The van der Waals surface area contributed by atoms with E-state index in [0.717, 1.165) is 25.3 Å². The van der Waals surface area contributed by atoms with Crippen LogP contribution < -0.4 is 9.47 Å². The molecule has 1 atom stereocenters. The van der Waals surface area contributed by atoms with E-state index in [-0.39, 0.29) is 22.4 Å². The Morgan fingerprint density at radius 3 is 2.45 bits per heavy atom. The first kappa shape index (κ1) is 17.0. The molecule has 0 unspecified atom stereocenters. The van der Waals surface area contributed by atoms with Gasteiger partial charge in [0.15, 0.2) is 11.5 Å². The average molecular weight is 331 g/mol. The van der Waals surface area contributed by atoms with Gasteiger partial charge in [-0.2, -0.15) is 4.31 Å². The topological polar surface area (TPSA) is 55.8 Å². The number of hydrogen-bond donors (Lipinski definition) is 0. The third-order valence-electron chi connectivity index (χ3n) is 4.07. The van der Waals surface area contributed by atoms with Crippen LogP contribution in [0.15, 0.2) is 17.0 Å². The van der Waals surface area contributed by atoms with Crippen molar-refractivity contribution in [3.8, 4) is 11.5 Å². The summed E-state index contributed by atoms with van der Waals surface area (Å²) in [5.74, 6) is -0.449. The summed E-state index contributed by atoms with van der Waals surface area (Å²) in [6, 6.07) is 2.17. The number of rotatable bonds is 5. The van der Waals surface area contributed by atoms with Crippen molar-refractivity contribution in [1.82, 2.24) is 4.31 Å². The highest BCUT2D eigenvalue weighted by Crippen LogP contribution is 2.35. The highest BCUT2D eigenvalue weighted by Gasteiger charge is 2.35. The smallest absolute Gasteiger partial charge is 0.246 e. The number of benzene rings is 1. The van der Waals surface area contributed by atoms with Crippen LogP contribution in [0.5, 0.6) is 11.5 Å². The molecule has 1 aliphatic rings. The van der Waals surface area contributed by atoms with Gasteiger partial charge in [0.1, 0.15) is 10.7 Å². The molecule has 0 amide bonds. The molecule has 0 radical (unpaired) electrons. The fourth-order valence-corrected chi connectivity index (χ4v) is 4.69. The molecule has 124 valence electrons. The van der Waals surface area contributed by atoms with Gasteiger partial charge in [0.2, 0.25) is 10.0 Å². The van der Waals surface area contributed by atoms with Gasteiger partial charge in [-0.1, -0.05) is 13.3 Å². The molecule has 0 bridgehead atoms. The zero-order chi connectivity index (χ0) is 16.3. The van der Waals surface area contributed by atoms with Crippen LogP contribution in [0.3, 0.4) is 0 Å². The van der Waals surface area contributed by atoms with Crippen molar-refractivity contribution in [2.75, 3.05) is 20.8 Å². The van der Waals surface area contributed by atoms with Crippen molar-refractivity contribution in [2.24, 2.45) is 0 Å². The van der Waals surface area contributed by atoms with Gasteiger partial charge in [-0.15, -0.1) is 0 Å². The van der Waals surface area contributed by atoms with Crippen molar-refractivity contribution < 1.29 is 22.3 Å². The Balaban J connectivity index is 2.48. The number of halogens is 1. The summed E-state index contributed by atoms with van der Waals surface area (Å²) < 4.78 is 51.5. The van der Waals surface area contributed by atoms with Gasteiger partial charge < -0.3 is 9.47 Å². The molecule has 5 nitrogen and oxygen atoms in total. The Labute approximate surface area is 131 Å². The van der Waals surface area contributed by atoms with Crippen LogP contribution in [-0.4, -0.2) is 39.5 Å². The zero-order valence-corrected chi connectivity index (χ0v) is 14.0. The summed E-state index contributed by atoms with van der Waals surface area (Å²) in [6.45, 7) is 2.37. The number of sulfonamides is 1. The van der Waals surface area contributed by atoms with E-state index in [1.54, 1.807) is 0 Å². The van der Waals surface area contributed by atoms with Gasteiger partial charge in [-0.25, -0.2) is 12.8 Å². The van der Waals surface area contributed by atoms with Crippen LogP contribution in [0.2, 0.25) is 0 Å². The normalized spacial score (nSPS) is 19.9. The highest BCUT2D eigenvalue weighted by molar-refractivity contribution is 7.89. The molecule has 22 heavy (non-hydrogen) atoms. The van der Waals surface area contributed by atoms with Crippen LogP contribution in [0, 0.1) is 5.82 Å². The average Bonchev–Trinajstić information content (AvgIpc) is 2.54. The van der Waals surface area contributed by atoms with Crippen molar-refractivity contribution >= 4 is 10.0 Å². The summed E-state index contributed by atoms with van der Waals surface area (Å²) >= 11 is 0. The van der Waals surface area contributed by atoms with E-state index in [0.29, 0.717) is 13.0 Å². The zero-order valence-electron chi connectivity index (χ0n) is 13.1. The van der Waals surface area contributed by atoms with Gasteiger partial charge in [0, 0.05) is 24.7 Å². The molecule has 1 aliphatic heterocycles. The Bertz CT molecular complexity index is 633. The maximum Gasteiger partial charge on any atom is 0.246 e. The third-order valence-corrected chi connectivity index (χ3v) is 6.04. The molecule has 0 spiro atoms. The van der Waals surface area contributed by atoms with Gasteiger partial charge >= 0.3 is 0 Å². The minimum absolute atomic E-state index is 0.0775. The Kier molecular flexibility index (Phi) is 5.28. The lowest BCUT2D eigenvalue weighted by Gasteiger charge is -2.34. The molecule has 2 rings (SSSR count). The molecule has 1 heterocycles. The second kappa shape index (κ2) is 6.83. The first-order valence-corrected chi connectivity index (χ1v) is 8.83. The van der Waals surface area contributed by atoms with E-state index in [1.807, 2.05) is 6.92 Å². The maximum atomic E-state index is 14.3. The van der Waals surface area contributed by atoms with Crippen molar-refractivity contribution in [3.63, 3.8) is 0 Å². The van der Waals surface area contributed by atoms with Crippen LogP contribution in [0.1, 0.15) is 32.6 Å². The predicted octanol–water partition coefficient (Wildman–Crippen LogP) is 2.80.